The minimum atomic E-state index is -0.483. The molecule has 0 radical (unpaired) electrons. The highest BCUT2D eigenvalue weighted by atomic mass is 32.2. The number of imide groups is 1. The number of carbonyl (C=O) groups excluding carboxylic acids is 4. The van der Waals surface area contributed by atoms with Crippen molar-refractivity contribution in [1.82, 2.24) is 19.3 Å². The minimum Gasteiger partial charge on any atom is -0.378 e. The molecule has 35 heavy (non-hydrogen) atoms. The van der Waals surface area contributed by atoms with E-state index in [2.05, 4.69) is 0 Å². The van der Waals surface area contributed by atoms with E-state index in [0.717, 1.165) is 33.1 Å². The van der Waals surface area contributed by atoms with E-state index < -0.39 is 11.1 Å². The number of aromatic nitrogens is 1. The van der Waals surface area contributed by atoms with E-state index in [1.54, 1.807) is 15.9 Å². The van der Waals surface area contributed by atoms with Crippen LogP contribution in [0.2, 0.25) is 0 Å². The zero-order chi connectivity index (χ0) is 24.4. The molecule has 5 rings (SSSR count). The second-order valence-corrected chi connectivity index (χ2v) is 9.48. The molecule has 0 saturated carbocycles. The summed E-state index contributed by atoms with van der Waals surface area (Å²) in [6.45, 7) is 3.91. The molecule has 1 aromatic heterocycles. The van der Waals surface area contributed by atoms with E-state index in [-0.39, 0.29) is 29.8 Å². The number of nitrogens with zero attached hydrogens (tertiary/aromatic N) is 4. The van der Waals surface area contributed by atoms with Gasteiger partial charge in [-0.2, -0.15) is 0 Å². The van der Waals surface area contributed by atoms with Gasteiger partial charge >= 0.3 is 0 Å². The van der Waals surface area contributed by atoms with Gasteiger partial charge < -0.3 is 23.8 Å². The number of rotatable bonds is 5. The minimum absolute atomic E-state index is 0.00236. The number of thioether (sulfide) groups is 1. The lowest BCUT2D eigenvalue weighted by molar-refractivity contribution is -0.139. The number of hydrogen-bond acceptors (Lipinski definition) is 7. The summed E-state index contributed by atoms with van der Waals surface area (Å²) in [6, 6.07) is 7.63. The number of carbonyl (C=O) groups is 4. The van der Waals surface area contributed by atoms with Crippen LogP contribution in [-0.2, 0) is 30.4 Å². The molecule has 184 valence electrons. The van der Waals surface area contributed by atoms with Crippen LogP contribution in [0.3, 0.4) is 0 Å². The molecule has 0 unspecified atom stereocenters. The fourth-order valence-electron chi connectivity index (χ4n) is 4.41. The third kappa shape index (κ3) is 4.97. The fraction of sp³-hybridized carbons (Fsp3) is 0.417. The van der Waals surface area contributed by atoms with E-state index in [4.69, 9.17) is 9.47 Å². The summed E-state index contributed by atoms with van der Waals surface area (Å²) >= 11 is 0.825. The molecule has 0 spiro atoms. The molecule has 4 amide bonds. The van der Waals surface area contributed by atoms with Crippen molar-refractivity contribution in [2.24, 2.45) is 0 Å². The lowest BCUT2D eigenvalue weighted by atomic mass is 10.1. The number of fused-ring (bicyclic) bond motifs is 1. The van der Waals surface area contributed by atoms with Crippen molar-refractivity contribution in [1.29, 1.82) is 0 Å². The quantitative estimate of drug-likeness (QED) is 0.575. The number of hydrogen-bond donors (Lipinski definition) is 0. The molecular weight excluding hydrogens is 472 g/mol. The van der Waals surface area contributed by atoms with Crippen molar-refractivity contribution in [3.63, 3.8) is 0 Å². The predicted molar refractivity (Wildman–Crippen MR) is 129 cm³/mol. The molecule has 0 bridgehead atoms. The largest absolute Gasteiger partial charge is 0.378 e. The van der Waals surface area contributed by atoms with E-state index >= 15 is 0 Å². The van der Waals surface area contributed by atoms with Gasteiger partial charge in [-0.15, -0.1) is 0 Å². The van der Waals surface area contributed by atoms with Gasteiger partial charge in [-0.05, 0) is 23.9 Å². The maximum Gasteiger partial charge on any atom is 0.294 e. The first kappa shape index (κ1) is 23.6. The highest BCUT2D eigenvalue weighted by Gasteiger charge is 2.37. The van der Waals surface area contributed by atoms with E-state index in [1.807, 2.05) is 35.0 Å². The number of amides is 4. The second-order valence-electron chi connectivity index (χ2n) is 8.48. The maximum absolute atomic E-state index is 13.0. The number of morpholine rings is 2. The summed E-state index contributed by atoms with van der Waals surface area (Å²) in [5.74, 6) is -0.750. The molecule has 2 aromatic rings. The van der Waals surface area contributed by atoms with Crippen LogP contribution in [0.5, 0.6) is 0 Å². The first-order valence-corrected chi connectivity index (χ1v) is 12.4. The Hall–Kier alpha value is -3.15. The van der Waals surface area contributed by atoms with Gasteiger partial charge in [0.1, 0.15) is 13.1 Å². The SMILES string of the molecule is O=C(CN1C(=O)SC(=Cc2cn(CC(=O)N3CCOCC3)c3ccccc23)C1=O)N1CCOCC1. The van der Waals surface area contributed by atoms with Gasteiger partial charge in [0, 0.05) is 48.8 Å². The third-order valence-corrected chi connectivity index (χ3v) is 7.21. The predicted octanol–water partition coefficient (Wildman–Crippen LogP) is 1.40. The summed E-state index contributed by atoms with van der Waals surface area (Å²) in [4.78, 5) is 55.6. The van der Waals surface area contributed by atoms with Crippen molar-refractivity contribution in [2.75, 3.05) is 59.2 Å². The monoisotopic (exact) mass is 498 g/mol. The van der Waals surface area contributed by atoms with Crippen LogP contribution in [0, 0.1) is 0 Å². The highest BCUT2D eigenvalue weighted by Crippen LogP contribution is 2.34. The van der Waals surface area contributed by atoms with Crippen LogP contribution in [0.15, 0.2) is 35.4 Å². The fourth-order valence-corrected chi connectivity index (χ4v) is 5.23. The summed E-state index contributed by atoms with van der Waals surface area (Å²) in [6.07, 6.45) is 3.50. The molecule has 3 aliphatic heterocycles. The smallest absolute Gasteiger partial charge is 0.294 e. The van der Waals surface area contributed by atoms with E-state index in [0.29, 0.717) is 52.6 Å². The van der Waals surface area contributed by atoms with Crippen LogP contribution in [0.1, 0.15) is 5.56 Å². The molecule has 0 aliphatic carbocycles. The topological polar surface area (TPSA) is 101 Å². The summed E-state index contributed by atoms with van der Waals surface area (Å²) in [5.41, 5.74) is 1.60. The summed E-state index contributed by atoms with van der Waals surface area (Å²) < 4.78 is 12.5. The van der Waals surface area contributed by atoms with Crippen molar-refractivity contribution in [2.45, 2.75) is 6.54 Å². The first-order valence-electron chi connectivity index (χ1n) is 11.6. The van der Waals surface area contributed by atoms with Crippen molar-refractivity contribution < 1.29 is 28.7 Å². The Morgan fingerprint density at radius 1 is 0.886 bits per heavy atom. The van der Waals surface area contributed by atoms with E-state index in [1.165, 1.54) is 0 Å². The molecule has 11 heteroatoms. The normalized spacial score (nSPS) is 20.3. The lowest BCUT2D eigenvalue weighted by Crippen LogP contribution is -2.46. The van der Waals surface area contributed by atoms with Crippen LogP contribution < -0.4 is 0 Å². The average Bonchev–Trinajstić information content (AvgIpc) is 3.36. The molecule has 1 aromatic carbocycles. The molecule has 3 aliphatic rings. The van der Waals surface area contributed by atoms with Crippen molar-refractivity contribution in [3.05, 3.63) is 40.9 Å². The van der Waals surface area contributed by atoms with Gasteiger partial charge in [0.05, 0.1) is 31.3 Å². The van der Waals surface area contributed by atoms with Crippen LogP contribution in [0.4, 0.5) is 4.79 Å². The number of benzene rings is 1. The number of ether oxygens (including phenoxy) is 2. The van der Waals surface area contributed by atoms with Crippen molar-refractivity contribution >= 4 is 51.7 Å². The Balaban J connectivity index is 1.35. The Bertz CT molecular complexity index is 1200. The van der Waals surface area contributed by atoms with E-state index in [9.17, 15) is 19.2 Å². The molecule has 4 heterocycles. The Labute approximate surface area is 206 Å². The zero-order valence-electron chi connectivity index (χ0n) is 19.2. The summed E-state index contributed by atoms with van der Waals surface area (Å²) in [7, 11) is 0. The first-order chi connectivity index (χ1) is 17.0. The van der Waals surface area contributed by atoms with Crippen LogP contribution in [-0.4, -0.2) is 101 Å². The molecular formula is C24H26N4O6S. The van der Waals surface area contributed by atoms with Crippen LogP contribution in [0.25, 0.3) is 17.0 Å². The maximum atomic E-state index is 13.0. The molecule has 3 saturated heterocycles. The Kier molecular flexibility index (Phi) is 6.89. The Morgan fingerprint density at radius 2 is 1.49 bits per heavy atom. The van der Waals surface area contributed by atoms with Gasteiger partial charge in [-0.25, -0.2) is 0 Å². The van der Waals surface area contributed by atoms with Gasteiger partial charge in [-0.1, -0.05) is 18.2 Å². The van der Waals surface area contributed by atoms with Crippen molar-refractivity contribution in [3.8, 4) is 0 Å². The highest BCUT2D eigenvalue weighted by molar-refractivity contribution is 8.18. The lowest BCUT2D eigenvalue weighted by Gasteiger charge is -2.28. The molecule has 10 nitrogen and oxygen atoms in total. The van der Waals surface area contributed by atoms with Crippen LogP contribution >= 0.6 is 11.8 Å². The van der Waals surface area contributed by atoms with Gasteiger partial charge in [0.25, 0.3) is 11.1 Å². The zero-order valence-corrected chi connectivity index (χ0v) is 20.0. The molecule has 0 atom stereocenters. The summed E-state index contributed by atoms with van der Waals surface area (Å²) in [5, 5.41) is 0.410. The van der Waals surface area contributed by atoms with Gasteiger partial charge in [0.2, 0.25) is 11.8 Å². The van der Waals surface area contributed by atoms with Gasteiger partial charge in [0.15, 0.2) is 0 Å². The molecule has 3 fully saturated rings. The number of para-hydroxylation sites is 1. The van der Waals surface area contributed by atoms with Gasteiger partial charge in [-0.3, -0.25) is 24.1 Å². The standard InChI is InChI=1S/C24H26N4O6S/c29-21(25-5-9-33-10-6-25)15-27-14-17(18-3-1-2-4-19(18)27)13-20-23(31)28(24(32)35-20)16-22(30)26-7-11-34-12-8-26/h1-4,13-14H,5-12,15-16H2. The molecule has 0 N–H and O–H groups in total. The average molecular weight is 499 g/mol. The Morgan fingerprint density at radius 3 is 2.14 bits per heavy atom. The third-order valence-electron chi connectivity index (χ3n) is 6.31. The second kappa shape index (κ2) is 10.2.